The van der Waals surface area contributed by atoms with Gasteiger partial charge in [-0.3, -0.25) is 4.79 Å². The molecule has 1 aliphatic rings. The molecule has 1 aliphatic carbocycles. The van der Waals surface area contributed by atoms with E-state index < -0.39 is 5.60 Å². The molecule has 6 heteroatoms. The number of hydrogen-bond donors (Lipinski definition) is 2. The van der Waals surface area contributed by atoms with Crippen LogP contribution in [0.25, 0.3) is 0 Å². The molecule has 1 heterocycles. The van der Waals surface area contributed by atoms with Gasteiger partial charge in [0.15, 0.2) is 6.29 Å². The van der Waals surface area contributed by atoms with Gasteiger partial charge in [-0.05, 0) is 31.6 Å². The molecular formula is C14H20ClN3O2. The molecule has 1 saturated carbocycles. The van der Waals surface area contributed by atoms with E-state index in [0.717, 1.165) is 25.7 Å². The minimum atomic E-state index is -0.733. The zero-order valence-corrected chi connectivity index (χ0v) is 12.4. The number of nitrogens with zero attached hydrogens (tertiary/aromatic N) is 2. The van der Waals surface area contributed by atoms with Crippen LogP contribution in [-0.4, -0.2) is 33.5 Å². The standard InChI is InChI=1S/C14H20ClN3O2/c1-2-10-3-5-14(20,6-4-10)8-16-13-11(7-19)12(15)17-9-18-13/h7,9-10,20H,2-6,8H2,1H3,(H,16,17,18). The fraction of sp³-hybridized carbons (Fsp3) is 0.643. The molecule has 110 valence electrons. The van der Waals surface area contributed by atoms with E-state index in [9.17, 15) is 9.90 Å². The van der Waals surface area contributed by atoms with Gasteiger partial charge in [0.1, 0.15) is 17.3 Å². The third-order valence-electron chi connectivity index (χ3n) is 4.15. The van der Waals surface area contributed by atoms with Crippen LogP contribution in [0.15, 0.2) is 6.33 Å². The van der Waals surface area contributed by atoms with E-state index in [1.807, 2.05) is 0 Å². The number of aliphatic hydroxyl groups is 1. The second-order valence-corrected chi connectivity index (χ2v) is 5.83. The highest BCUT2D eigenvalue weighted by Crippen LogP contribution is 2.34. The van der Waals surface area contributed by atoms with Crippen LogP contribution in [0, 0.1) is 5.92 Å². The van der Waals surface area contributed by atoms with Crippen molar-refractivity contribution in [2.45, 2.75) is 44.6 Å². The summed E-state index contributed by atoms with van der Waals surface area (Å²) in [6.45, 7) is 2.56. The summed E-state index contributed by atoms with van der Waals surface area (Å²) in [6, 6.07) is 0. The monoisotopic (exact) mass is 297 g/mol. The van der Waals surface area contributed by atoms with Gasteiger partial charge in [0, 0.05) is 6.54 Å². The molecule has 1 fully saturated rings. The van der Waals surface area contributed by atoms with E-state index in [1.165, 1.54) is 12.7 Å². The van der Waals surface area contributed by atoms with E-state index in [2.05, 4.69) is 22.2 Å². The number of aldehydes is 1. The van der Waals surface area contributed by atoms with E-state index in [0.29, 0.717) is 24.6 Å². The van der Waals surface area contributed by atoms with Crippen molar-refractivity contribution in [1.82, 2.24) is 9.97 Å². The lowest BCUT2D eigenvalue weighted by molar-refractivity contribution is 0.00221. The minimum Gasteiger partial charge on any atom is -0.388 e. The van der Waals surface area contributed by atoms with Gasteiger partial charge in [-0.2, -0.15) is 0 Å². The fourth-order valence-corrected chi connectivity index (χ4v) is 2.85. The minimum absolute atomic E-state index is 0.124. The summed E-state index contributed by atoms with van der Waals surface area (Å²) in [5.41, 5.74) is -0.497. The Balaban J connectivity index is 1.99. The van der Waals surface area contributed by atoms with Gasteiger partial charge in [0.05, 0.1) is 11.2 Å². The maximum atomic E-state index is 11.0. The maximum absolute atomic E-state index is 11.0. The number of halogens is 1. The average molecular weight is 298 g/mol. The van der Waals surface area contributed by atoms with Crippen molar-refractivity contribution in [2.24, 2.45) is 5.92 Å². The third kappa shape index (κ3) is 3.46. The van der Waals surface area contributed by atoms with Gasteiger partial charge >= 0.3 is 0 Å². The Morgan fingerprint density at radius 2 is 2.20 bits per heavy atom. The number of aromatic nitrogens is 2. The lowest BCUT2D eigenvalue weighted by Crippen LogP contribution is -2.40. The van der Waals surface area contributed by atoms with Crippen molar-refractivity contribution in [3.8, 4) is 0 Å². The zero-order valence-electron chi connectivity index (χ0n) is 11.6. The fourth-order valence-electron chi connectivity index (χ4n) is 2.67. The quantitative estimate of drug-likeness (QED) is 0.645. The molecule has 20 heavy (non-hydrogen) atoms. The molecule has 0 amide bonds. The molecule has 0 spiro atoms. The van der Waals surface area contributed by atoms with Gasteiger partial charge in [-0.15, -0.1) is 0 Å². The molecular weight excluding hydrogens is 278 g/mol. The van der Waals surface area contributed by atoms with Gasteiger partial charge in [0.25, 0.3) is 0 Å². The summed E-state index contributed by atoms with van der Waals surface area (Å²) >= 11 is 5.84. The topological polar surface area (TPSA) is 75.1 Å². The van der Waals surface area contributed by atoms with Gasteiger partial charge in [0.2, 0.25) is 0 Å². The highest BCUT2D eigenvalue weighted by Gasteiger charge is 2.32. The maximum Gasteiger partial charge on any atom is 0.156 e. The molecule has 1 aromatic rings. The van der Waals surface area contributed by atoms with Crippen molar-refractivity contribution in [3.63, 3.8) is 0 Å². The Morgan fingerprint density at radius 3 is 2.80 bits per heavy atom. The zero-order chi connectivity index (χ0) is 14.6. The summed E-state index contributed by atoms with van der Waals surface area (Å²) in [5, 5.41) is 13.7. The summed E-state index contributed by atoms with van der Waals surface area (Å²) in [7, 11) is 0. The number of nitrogens with one attached hydrogen (secondary N) is 1. The second kappa shape index (κ2) is 6.50. The van der Waals surface area contributed by atoms with Crippen LogP contribution in [0.1, 0.15) is 49.4 Å². The Kier molecular flexibility index (Phi) is 4.94. The van der Waals surface area contributed by atoms with Crippen molar-refractivity contribution in [3.05, 3.63) is 17.0 Å². The Bertz CT molecular complexity index is 473. The first-order valence-corrected chi connectivity index (χ1v) is 7.37. The lowest BCUT2D eigenvalue weighted by Gasteiger charge is -2.36. The molecule has 0 unspecified atom stereocenters. The molecule has 0 bridgehead atoms. The van der Waals surface area contributed by atoms with E-state index >= 15 is 0 Å². The lowest BCUT2D eigenvalue weighted by atomic mass is 9.78. The first kappa shape index (κ1) is 15.2. The first-order chi connectivity index (χ1) is 9.58. The Morgan fingerprint density at radius 1 is 1.50 bits per heavy atom. The number of hydrogen-bond acceptors (Lipinski definition) is 5. The van der Waals surface area contributed by atoms with E-state index in [4.69, 9.17) is 11.6 Å². The van der Waals surface area contributed by atoms with Gasteiger partial charge in [-0.25, -0.2) is 9.97 Å². The van der Waals surface area contributed by atoms with Gasteiger partial charge in [-0.1, -0.05) is 24.9 Å². The van der Waals surface area contributed by atoms with Crippen LogP contribution in [0.5, 0.6) is 0 Å². The Labute approximate surface area is 123 Å². The Hall–Kier alpha value is -1.20. The summed E-state index contributed by atoms with van der Waals surface area (Å²) < 4.78 is 0. The smallest absolute Gasteiger partial charge is 0.156 e. The molecule has 0 aromatic carbocycles. The summed E-state index contributed by atoms with van der Waals surface area (Å²) in [5.74, 6) is 1.10. The summed E-state index contributed by atoms with van der Waals surface area (Å²) in [4.78, 5) is 18.8. The molecule has 0 saturated heterocycles. The molecule has 1 aromatic heterocycles. The summed E-state index contributed by atoms with van der Waals surface area (Å²) in [6.07, 6.45) is 6.72. The highest BCUT2D eigenvalue weighted by molar-refractivity contribution is 6.32. The largest absolute Gasteiger partial charge is 0.388 e. The van der Waals surface area contributed by atoms with Crippen molar-refractivity contribution in [2.75, 3.05) is 11.9 Å². The first-order valence-electron chi connectivity index (χ1n) is 7.00. The van der Waals surface area contributed by atoms with Crippen LogP contribution in [0.2, 0.25) is 5.15 Å². The van der Waals surface area contributed by atoms with Crippen LogP contribution in [-0.2, 0) is 0 Å². The van der Waals surface area contributed by atoms with Crippen LogP contribution < -0.4 is 5.32 Å². The van der Waals surface area contributed by atoms with Crippen LogP contribution in [0.3, 0.4) is 0 Å². The predicted molar refractivity (Wildman–Crippen MR) is 78.1 cm³/mol. The number of rotatable bonds is 5. The van der Waals surface area contributed by atoms with Crippen LogP contribution in [0.4, 0.5) is 5.82 Å². The normalized spacial score (nSPS) is 26.2. The van der Waals surface area contributed by atoms with Crippen molar-refractivity contribution >= 4 is 23.7 Å². The number of anilines is 1. The molecule has 0 atom stereocenters. The van der Waals surface area contributed by atoms with Crippen LogP contribution >= 0.6 is 11.6 Å². The van der Waals surface area contributed by atoms with Gasteiger partial charge < -0.3 is 10.4 Å². The SMILES string of the molecule is CCC1CCC(O)(CNc2ncnc(Cl)c2C=O)CC1. The predicted octanol–water partition coefficient (Wildman–Crippen LogP) is 2.69. The van der Waals surface area contributed by atoms with E-state index in [-0.39, 0.29) is 10.7 Å². The number of carbonyl (C=O) groups excluding carboxylic acids is 1. The van der Waals surface area contributed by atoms with Crippen molar-refractivity contribution < 1.29 is 9.90 Å². The molecule has 2 rings (SSSR count). The molecule has 5 nitrogen and oxygen atoms in total. The molecule has 0 aliphatic heterocycles. The van der Waals surface area contributed by atoms with E-state index in [1.54, 1.807) is 0 Å². The number of carbonyl (C=O) groups is 1. The molecule has 2 N–H and O–H groups in total. The average Bonchev–Trinajstić information content (AvgIpc) is 2.46. The highest BCUT2D eigenvalue weighted by atomic mass is 35.5. The molecule has 0 radical (unpaired) electrons. The van der Waals surface area contributed by atoms with Crippen molar-refractivity contribution in [1.29, 1.82) is 0 Å². The third-order valence-corrected chi connectivity index (χ3v) is 4.45. The second-order valence-electron chi connectivity index (χ2n) is 5.47.